The highest BCUT2D eigenvalue weighted by Gasteiger charge is 2.13. The molecule has 0 aliphatic heterocycles. The maximum atomic E-state index is 11.5. The van der Waals surface area contributed by atoms with Gasteiger partial charge >= 0.3 is 11.8 Å². The zero-order valence-electron chi connectivity index (χ0n) is 9.79. The van der Waals surface area contributed by atoms with Crippen molar-refractivity contribution in [1.82, 2.24) is 5.32 Å². The predicted octanol–water partition coefficient (Wildman–Crippen LogP) is 2.00. The lowest BCUT2D eigenvalue weighted by Gasteiger charge is -2.08. The molecule has 0 aliphatic carbocycles. The molecule has 0 bridgehead atoms. The molecular formula is C12H15IN2O2. The second-order valence-electron chi connectivity index (χ2n) is 4.07. The standard InChI is InChI=1S/C12H15IN2O2/c1-8(2)7-14-11(16)12(17)15-10-5-3-4-9(13)6-10/h3-6,8H,7H2,1-2H3,(H,14,16)(H,15,17). The zero-order chi connectivity index (χ0) is 12.8. The van der Waals surface area contributed by atoms with Gasteiger partial charge in [-0.05, 0) is 46.7 Å². The van der Waals surface area contributed by atoms with Crippen LogP contribution in [0.2, 0.25) is 0 Å². The molecule has 5 heteroatoms. The first-order chi connectivity index (χ1) is 7.99. The van der Waals surface area contributed by atoms with Gasteiger partial charge in [-0.25, -0.2) is 0 Å². The Hall–Kier alpha value is -1.11. The minimum absolute atomic E-state index is 0.324. The van der Waals surface area contributed by atoms with E-state index < -0.39 is 11.8 Å². The summed E-state index contributed by atoms with van der Waals surface area (Å²) in [6.45, 7) is 4.44. The topological polar surface area (TPSA) is 58.2 Å². The molecule has 1 rings (SSSR count). The average Bonchev–Trinajstić information content (AvgIpc) is 2.25. The summed E-state index contributed by atoms with van der Waals surface area (Å²) in [4.78, 5) is 22.9. The van der Waals surface area contributed by atoms with Gasteiger partial charge in [-0.1, -0.05) is 19.9 Å². The molecule has 2 amide bonds. The Labute approximate surface area is 114 Å². The van der Waals surface area contributed by atoms with E-state index in [1.807, 2.05) is 26.0 Å². The summed E-state index contributed by atoms with van der Waals surface area (Å²) < 4.78 is 1.00. The summed E-state index contributed by atoms with van der Waals surface area (Å²) >= 11 is 2.14. The second-order valence-corrected chi connectivity index (χ2v) is 5.31. The zero-order valence-corrected chi connectivity index (χ0v) is 11.9. The van der Waals surface area contributed by atoms with Crippen LogP contribution in [-0.2, 0) is 9.59 Å². The number of anilines is 1. The van der Waals surface area contributed by atoms with Gasteiger partial charge in [0, 0.05) is 15.8 Å². The molecule has 0 aliphatic rings. The lowest BCUT2D eigenvalue weighted by atomic mass is 10.2. The molecule has 0 heterocycles. The third-order valence-electron chi connectivity index (χ3n) is 1.96. The van der Waals surface area contributed by atoms with E-state index >= 15 is 0 Å². The third-order valence-corrected chi connectivity index (χ3v) is 2.63. The molecule has 0 radical (unpaired) electrons. The van der Waals surface area contributed by atoms with E-state index in [-0.39, 0.29) is 0 Å². The van der Waals surface area contributed by atoms with Gasteiger partial charge in [0.2, 0.25) is 0 Å². The van der Waals surface area contributed by atoms with Crippen LogP contribution in [0.15, 0.2) is 24.3 Å². The van der Waals surface area contributed by atoms with Crippen LogP contribution in [-0.4, -0.2) is 18.4 Å². The lowest BCUT2D eigenvalue weighted by Crippen LogP contribution is -2.37. The van der Waals surface area contributed by atoms with Crippen molar-refractivity contribution < 1.29 is 9.59 Å². The second kappa shape index (κ2) is 6.58. The number of halogens is 1. The number of carbonyl (C=O) groups is 2. The highest BCUT2D eigenvalue weighted by atomic mass is 127. The molecule has 0 atom stereocenters. The molecule has 0 aromatic heterocycles. The van der Waals surface area contributed by atoms with Crippen LogP contribution in [0.5, 0.6) is 0 Å². The van der Waals surface area contributed by atoms with Gasteiger partial charge in [0.15, 0.2) is 0 Å². The Morgan fingerprint density at radius 3 is 2.59 bits per heavy atom. The Morgan fingerprint density at radius 1 is 1.29 bits per heavy atom. The molecule has 1 aromatic rings. The molecule has 0 saturated carbocycles. The number of nitrogens with one attached hydrogen (secondary N) is 2. The van der Waals surface area contributed by atoms with Crippen LogP contribution in [0.4, 0.5) is 5.69 Å². The van der Waals surface area contributed by atoms with Gasteiger partial charge in [0.05, 0.1) is 0 Å². The number of carbonyl (C=O) groups excluding carboxylic acids is 2. The summed E-state index contributed by atoms with van der Waals surface area (Å²) in [7, 11) is 0. The summed E-state index contributed by atoms with van der Waals surface area (Å²) in [6, 6.07) is 7.28. The van der Waals surface area contributed by atoms with Crippen molar-refractivity contribution in [3.63, 3.8) is 0 Å². The predicted molar refractivity (Wildman–Crippen MR) is 75.6 cm³/mol. The third kappa shape index (κ3) is 5.16. The van der Waals surface area contributed by atoms with Gasteiger partial charge in [-0.15, -0.1) is 0 Å². The van der Waals surface area contributed by atoms with Crippen molar-refractivity contribution in [3.8, 4) is 0 Å². The highest BCUT2D eigenvalue weighted by molar-refractivity contribution is 14.1. The minimum Gasteiger partial charge on any atom is -0.348 e. The molecular weight excluding hydrogens is 331 g/mol. The minimum atomic E-state index is -0.632. The van der Waals surface area contributed by atoms with E-state index in [9.17, 15) is 9.59 Å². The first-order valence-electron chi connectivity index (χ1n) is 5.34. The van der Waals surface area contributed by atoms with Crippen LogP contribution in [0.25, 0.3) is 0 Å². The normalized spacial score (nSPS) is 10.1. The van der Waals surface area contributed by atoms with E-state index in [0.717, 1.165) is 3.57 Å². The monoisotopic (exact) mass is 346 g/mol. The number of benzene rings is 1. The van der Waals surface area contributed by atoms with Crippen molar-refractivity contribution in [2.24, 2.45) is 5.92 Å². The number of rotatable bonds is 3. The molecule has 0 unspecified atom stereocenters. The Kier molecular flexibility index (Phi) is 5.40. The number of amides is 2. The highest BCUT2D eigenvalue weighted by Crippen LogP contribution is 2.11. The molecule has 2 N–H and O–H groups in total. The first-order valence-corrected chi connectivity index (χ1v) is 6.41. The van der Waals surface area contributed by atoms with E-state index in [1.165, 1.54) is 0 Å². The Balaban J connectivity index is 2.51. The number of hydrogen-bond acceptors (Lipinski definition) is 2. The van der Waals surface area contributed by atoms with E-state index in [2.05, 4.69) is 33.2 Å². The molecule has 0 spiro atoms. The lowest BCUT2D eigenvalue weighted by molar-refractivity contribution is -0.136. The largest absolute Gasteiger partial charge is 0.348 e. The average molecular weight is 346 g/mol. The van der Waals surface area contributed by atoms with E-state index in [4.69, 9.17) is 0 Å². The smallest absolute Gasteiger partial charge is 0.313 e. The van der Waals surface area contributed by atoms with Gasteiger partial charge in [-0.2, -0.15) is 0 Å². The van der Waals surface area contributed by atoms with Crippen molar-refractivity contribution in [1.29, 1.82) is 0 Å². The van der Waals surface area contributed by atoms with Gasteiger partial charge in [0.25, 0.3) is 0 Å². The van der Waals surface area contributed by atoms with Crippen molar-refractivity contribution in [2.75, 3.05) is 11.9 Å². The Morgan fingerprint density at radius 2 is 2.00 bits per heavy atom. The molecule has 92 valence electrons. The van der Waals surface area contributed by atoms with Crippen molar-refractivity contribution in [3.05, 3.63) is 27.8 Å². The first kappa shape index (κ1) is 14.0. The van der Waals surface area contributed by atoms with Crippen molar-refractivity contribution in [2.45, 2.75) is 13.8 Å². The fourth-order valence-electron chi connectivity index (χ4n) is 1.13. The van der Waals surface area contributed by atoms with Gasteiger partial charge in [-0.3, -0.25) is 9.59 Å². The summed E-state index contributed by atoms with van der Waals surface area (Å²) in [5.74, 6) is -0.908. The molecule has 1 aromatic carbocycles. The molecule has 0 saturated heterocycles. The quantitative estimate of drug-likeness (QED) is 0.650. The van der Waals surface area contributed by atoms with E-state index in [0.29, 0.717) is 18.2 Å². The molecule has 4 nitrogen and oxygen atoms in total. The number of hydrogen-bond donors (Lipinski definition) is 2. The fraction of sp³-hybridized carbons (Fsp3) is 0.333. The van der Waals surface area contributed by atoms with Crippen LogP contribution in [0.1, 0.15) is 13.8 Å². The van der Waals surface area contributed by atoms with Crippen LogP contribution in [0.3, 0.4) is 0 Å². The Bertz CT molecular complexity index is 419. The molecule has 0 fully saturated rings. The van der Waals surface area contributed by atoms with E-state index in [1.54, 1.807) is 12.1 Å². The maximum Gasteiger partial charge on any atom is 0.313 e. The van der Waals surface area contributed by atoms with Crippen LogP contribution in [0, 0.1) is 9.49 Å². The summed E-state index contributed by atoms with van der Waals surface area (Å²) in [6.07, 6.45) is 0. The van der Waals surface area contributed by atoms with Crippen LogP contribution < -0.4 is 10.6 Å². The fourth-order valence-corrected chi connectivity index (χ4v) is 1.67. The van der Waals surface area contributed by atoms with Gasteiger partial charge < -0.3 is 10.6 Å². The SMILES string of the molecule is CC(C)CNC(=O)C(=O)Nc1cccc(I)c1. The summed E-state index contributed by atoms with van der Waals surface area (Å²) in [5.41, 5.74) is 0.626. The molecule has 17 heavy (non-hydrogen) atoms. The summed E-state index contributed by atoms with van der Waals surface area (Å²) in [5, 5.41) is 5.11. The van der Waals surface area contributed by atoms with Crippen LogP contribution >= 0.6 is 22.6 Å². The van der Waals surface area contributed by atoms with Gasteiger partial charge in [0.1, 0.15) is 0 Å². The maximum absolute atomic E-state index is 11.5. The van der Waals surface area contributed by atoms with Crippen molar-refractivity contribution >= 4 is 40.1 Å².